The molecule has 136 valence electrons. The zero-order chi connectivity index (χ0) is 17.1. The van der Waals surface area contributed by atoms with E-state index in [2.05, 4.69) is 34.3 Å². The summed E-state index contributed by atoms with van der Waals surface area (Å²) in [5.74, 6) is 8.08. The topological polar surface area (TPSA) is 0 Å². The van der Waals surface area contributed by atoms with E-state index in [1.807, 2.05) is 0 Å². The molecule has 0 amide bonds. The van der Waals surface area contributed by atoms with Gasteiger partial charge in [-0.3, -0.25) is 0 Å². The number of hydrogen-bond donors (Lipinski definition) is 0. The van der Waals surface area contributed by atoms with Crippen molar-refractivity contribution < 1.29 is 0 Å². The minimum absolute atomic E-state index is 0.592. The number of rotatable bonds is 2. The first-order valence-corrected chi connectivity index (χ1v) is 11.1. The molecule has 0 bridgehead atoms. The average molecular weight is 329 g/mol. The fraction of sp³-hybridized carbons (Fsp3) is 0.917. The lowest BCUT2D eigenvalue weighted by Gasteiger charge is -2.56. The van der Waals surface area contributed by atoms with Crippen molar-refractivity contribution in [1.82, 2.24) is 0 Å². The van der Waals surface area contributed by atoms with Crippen molar-refractivity contribution in [2.75, 3.05) is 0 Å². The molecule has 8 unspecified atom stereocenters. The van der Waals surface area contributed by atoms with Crippen LogP contribution in [0.2, 0.25) is 0 Å². The first-order chi connectivity index (χ1) is 11.4. The van der Waals surface area contributed by atoms with Crippen molar-refractivity contribution in [2.45, 2.75) is 85.5 Å². The van der Waals surface area contributed by atoms with E-state index >= 15 is 0 Å². The molecule has 0 aromatic rings. The third-order valence-corrected chi connectivity index (χ3v) is 9.53. The van der Waals surface area contributed by atoms with Crippen LogP contribution < -0.4 is 0 Å². The second-order valence-electron chi connectivity index (χ2n) is 10.8. The highest BCUT2D eigenvalue weighted by atomic mass is 14.6. The molecule has 24 heavy (non-hydrogen) atoms. The highest BCUT2D eigenvalue weighted by molar-refractivity contribution is 5.13. The summed E-state index contributed by atoms with van der Waals surface area (Å²) in [7, 11) is 0. The van der Waals surface area contributed by atoms with Crippen molar-refractivity contribution in [3.8, 4) is 0 Å². The molecule has 4 aliphatic carbocycles. The van der Waals surface area contributed by atoms with Crippen molar-refractivity contribution in [3.05, 3.63) is 12.2 Å². The largest absolute Gasteiger partial charge is 0.0998 e. The van der Waals surface area contributed by atoms with Crippen LogP contribution in [0.1, 0.15) is 85.5 Å². The molecular formula is C24H40. The second kappa shape index (κ2) is 6.17. The first kappa shape index (κ1) is 17.2. The van der Waals surface area contributed by atoms with Crippen LogP contribution in [0.4, 0.5) is 0 Å². The van der Waals surface area contributed by atoms with Gasteiger partial charge in [-0.15, -0.1) is 0 Å². The van der Waals surface area contributed by atoms with Crippen LogP contribution in [0.5, 0.6) is 0 Å². The summed E-state index contributed by atoms with van der Waals surface area (Å²) >= 11 is 0. The van der Waals surface area contributed by atoms with Crippen LogP contribution in [0.15, 0.2) is 12.2 Å². The van der Waals surface area contributed by atoms with Crippen LogP contribution >= 0.6 is 0 Å². The Kier molecular flexibility index (Phi) is 4.41. The van der Waals surface area contributed by atoms with Crippen molar-refractivity contribution >= 4 is 0 Å². The fourth-order valence-electron chi connectivity index (χ4n) is 8.30. The molecule has 4 saturated carbocycles. The molecule has 8 atom stereocenters. The highest BCUT2D eigenvalue weighted by Gasteiger charge is 2.56. The van der Waals surface area contributed by atoms with Crippen molar-refractivity contribution in [3.63, 3.8) is 0 Å². The Bertz CT molecular complexity index is 488. The summed E-state index contributed by atoms with van der Waals surface area (Å²) in [4.78, 5) is 0. The van der Waals surface area contributed by atoms with Crippen LogP contribution in [-0.4, -0.2) is 0 Å². The van der Waals surface area contributed by atoms with Crippen LogP contribution in [0.25, 0.3) is 0 Å². The van der Waals surface area contributed by atoms with Crippen molar-refractivity contribution in [2.24, 2.45) is 52.8 Å². The molecule has 0 spiro atoms. The lowest BCUT2D eigenvalue weighted by molar-refractivity contribution is -0.0670. The van der Waals surface area contributed by atoms with Gasteiger partial charge in [0.1, 0.15) is 0 Å². The molecule has 0 nitrogen and oxygen atoms in total. The molecule has 0 saturated heterocycles. The van der Waals surface area contributed by atoms with Gasteiger partial charge in [-0.1, -0.05) is 32.9 Å². The summed E-state index contributed by atoms with van der Waals surface area (Å²) in [5, 5.41) is 0. The van der Waals surface area contributed by atoms with Gasteiger partial charge in [-0.05, 0) is 117 Å². The SMILES string of the molecule is C=C(C)C1CCC2C3CCC4CC(C(C)C)CCC4C3CCC12C. The van der Waals surface area contributed by atoms with E-state index in [1.54, 1.807) is 25.7 Å². The van der Waals surface area contributed by atoms with Gasteiger partial charge in [-0.25, -0.2) is 0 Å². The minimum Gasteiger partial charge on any atom is -0.0998 e. The van der Waals surface area contributed by atoms with Gasteiger partial charge < -0.3 is 0 Å². The van der Waals surface area contributed by atoms with Gasteiger partial charge in [0.05, 0.1) is 0 Å². The molecule has 0 heterocycles. The zero-order valence-electron chi connectivity index (χ0n) is 16.7. The van der Waals surface area contributed by atoms with Gasteiger partial charge in [0.2, 0.25) is 0 Å². The molecule has 0 heteroatoms. The molecule has 0 aromatic carbocycles. The maximum Gasteiger partial charge on any atom is -0.0152 e. The molecule has 0 aromatic heterocycles. The normalized spacial score (nSPS) is 51.0. The van der Waals surface area contributed by atoms with E-state index in [9.17, 15) is 0 Å². The third kappa shape index (κ3) is 2.53. The van der Waals surface area contributed by atoms with Gasteiger partial charge in [0.15, 0.2) is 0 Å². The van der Waals surface area contributed by atoms with Gasteiger partial charge >= 0.3 is 0 Å². The van der Waals surface area contributed by atoms with E-state index in [4.69, 9.17) is 0 Å². The third-order valence-electron chi connectivity index (χ3n) is 9.53. The maximum absolute atomic E-state index is 4.37. The maximum atomic E-state index is 4.37. The predicted molar refractivity (Wildman–Crippen MR) is 104 cm³/mol. The zero-order valence-corrected chi connectivity index (χ0v) is 16.7. The van der Waals surface area contributed by atoms with Crippen molar-refractivity contribution in [1.29, 1.82) is 0 Å². The molecule has 4 aliphatic rings. The number of hydrogen-bond acceptors (Lipinski definition) is 0. The Balaban J connectivity index is 1.51. The Morgan fingerprint density at radius 3 is 2.38 bits per heavy atom. The number of fused-ring (bicyclic) bond motifs is 5. The average Bonchev–Trinajstić information content (AvgIpc) is 2.91. The Labute approximate surface area is 150 Å². The van der Waals surface area contributed by atoms with E-state index in [-0.39, 0.29) is 0 Å². The van der Waals surface area contributed by atoms with E-state index < -0.39 is 0 Å². The smallest absolute Gasteiger partial charge is 0.0152 e. The Morgan fingerprint density at radius 2 is 1.67 bits per heavy atom. The second-order valence-corrected chi connectivity index (χ2v) is 10.8. The molecule has 0 N–H and O–H groups in total. The molecule has 0 radical (unpaired) electrons. The quantitative estimate of drug-likeness (QED) is 0.474. The summed E-state index contributed by atoms with van der Waals surface area (Å²) in [5.41, 5.74) is 2.07. The predicted octanol–water partition coefficient (Wildman–Crippen LogP) is 7.10. The lowest BCUT2D eigenvalue weighted by Crippen LogP contribution is -2.48. The monoisotopic (exact) mass is 328 g/mol. The molecule has 4 rings (SSSR count). The number of allylic oxidation sites excluding steroid dienone is 1. The summed E-state index contributed by atoms with van der Waals surface area (Å²) < 4.78 is 0. The summed E-state index contributed by atoms with van der Waals surface area (Å²) in [6, 6.07) is 0. The van der Waals surface area contributed by atoms with Crippen LogP contribution in [0.3, 0.4) is 0 Å². The minimum atomic E-state index is 0.592. The van der Waals surface area contributed by atoms with Gasteiger partial charge in [-0.2, -0.15) is 0 Å². The summed E-state index contributed by atoms with van der Waals surface area (Å²) in [6.07, 6.45) is 13.7. The van der Waals surface area contributed by atoms with E-state index in [0.29, 0.717) is 5.41 Å². The van der Waals surface area contributed by atoms with Crippen LogP contribution in [-0.2, 0) is 0 Å². The van der Waals surface area contributed by atoms with E-state index in [1.165, 1.54) is 37.7 Å². The lowest BCUT2D eigenvalue weighted by atomic mass is 9.49. The Morgan fingerprint density at radius 1 is 0.917 bits per heavy atom. The highest BCUT2D eigenvalue weighted by Crippen LogP contribution is 2.65. The fourth-order valence-corrected chi connectivity index (χ4v) is 8.30. The Hall–Kier alpha value is -0.260. The van der Waals surface area contributed by atoms with Gasteiger partial charge in [0.25, 0.3) is 0 Å². The molecule has 4 fully saturated rings. The summed E-state index contributed by atoms with van der Waals surface area (Å²) in [6.45, 7) is 14.2. The first-order valence-electron chi connectivity index (χ1n) is 11.1. The molecule has 0 aliphatic heterocycles. The van der Waals surface area contributed by atoms with Crippen LogP contribution in [0, 0.1) is 52.8 Å². The van der Waals surface area contributed by atoms with E-state index in [0.717, 1.165) is 47.3 Å². The standard InChI is InChI=1S/C24H40/c1-15(2)17-6-8-19-18(14-17)7-9-21-20(19)12-13-24(5)22(16(3)4)10-11-23(21)24/h15,17-23H,3,6-14H2,1-2,4-5H3. The van der Waals surface area contributed by atoms with Gasteiger partial charge in [0, 0.05) is 0 Å². The molecular weight excluding hydrogens is 288 g/mol.